The minimum absolute atomic E-state index is 0.230. The third-order valence-electron chi connectivity index (χ3n) is 3.87. The fraction of sp³-hybridized carbons (Fsp3) is 0.0909. The summed E-state index contributed by atoms with van der Waals surface area (Å²) < 4.78 is 19.3. The predicted molar refractivity (Wildman–Crippen MR) is 97.5 cm³/mol. The number of halogens is 1. The molecule has 0 saturated carbocycles. The average molecular weight is 318 g/mol. The number of allylic oxidation sites excluding steroid dienone is 1. The van der Waals surface area contributed by atoms with Gasteiger partial charge in [0.05, 0.1) is 6.26 Å². The van der Waals surface area contributed by atoms with Crippen molar-refractivity contribution in [1.82, 2.24) is 0 Å². The molecule has 2 heteroatoms. The van der Waals surface area contributed by atoms with E-state index >= 15 is 0 Å². The van der Waals surface area contributed by atoms with Crippen LogP contribution in [0.25, 0.3) is 22.3 Å². The van der Waals surface area contributed by atoms with Gasteiger partial charge < -0.3 is 4.74 Å². The third-order valence-corrected chi connectivity index (χ3v) is 3.87. The van der Waals surface area contributed by atoms with Gasteiger partial charge in [-0.2, -0.15) is 0 Å². The summed E-state index contributed by atoms with van der Waals surface area (Å²) in [6.07, 6.45) is 3.19. The molecule has 0 N–H and O–H groups in total. The summed E-state index contributed by atoms with van der Waals surface area (Å²) in [7, 11) is 0. The maximum absolute atomic E-state index is 14.1. The Morgan fingerprint density at radius 3 is 1.79 bits per heavy atom. The van der Waals surface area contributed by atoms with Crippen molar-refractivity contribution in [3.05, 3.63) is 90.4 Å². The summed E-state index contributed by atoms with van der Waals surface area (Å²) in [5.41, 5.74) is 5.37. The highest BCUT2D eigenvalue weighted by Crippen LogP contribution is 2.28. The molecule has 0 aromatic heterocycles. The van der Waals surface area contributed by atoms with Crippen LogP contribution in [-0.4, -0.2) is 0 Å². The molecule has 3 aromatic rings. The zero-order valence-electron chi connectivity index (χ0n) is 13.8. The number of hydrogen-bond donors (Lipinski definition) is 0. The Morgan fingerprint density at radius 1 is 0.750 bits per heavy atom. The molecule has 0 fully saturated rings. The van der Waals surface area contributed by atoms with E-state index in [-0.39, 0.29) is 11.6 Å². The highest BCUT2D eigenvalue weighted by molar-refractivity contribution is 5.70. The number of ether oxygens (including phenoxy) is 1. The topological polar surface area (TPSA) is 9.23 Å². The molecule has 0 amide bonds. The van der Waals surface area contributed by atoms with E-state index in [1.165, 1.54) is 23.5 Å². The molecule has 0 radical (unpaired) electrons. The third kappa shape index (κ3) is 3.54. The maximum Gasteiger partial charge on any atom is 0.166 e. The van der Waals surface area contributed by atoms with Gasteiger partial charge in [-0.05, 0) is 48.2 Å². The molecule has 0 spiro atoms. The van der Waals surface area contributed by atoms with Crippen molar-refractivity contribution >= 4 is 0 Å². The Labute approximate surface area is 142 Å². The van der Waals surface area contributed by atoms with Gasteiger partial charge in [0.2, 0.25) is 0 Å². The SMILES string of the molecule is C/C=C/Oc1ccc(-c2ccc(-c3ccc(C)cc3)cc2)cc1F. The molecule has 24 heavy (non-hydrogen) atoms. The number of aryl methyl sites for hydroxylation is 1. The lowest BCUT2D eigenvalue weighted by Crippen LogP contribution is -1.88. The molecule has 0 aliphatic rings. The molecule has 1 nitrogen and oxygen atoms in total. The Morgan fingerprint density at radius 2 is 1.25 bits per heavy atom. The van der Waals surface area contributed by atoms with E-state index in [0.717, 1.165) is 16.7 Å². The molecular weight excluding hydrogens is 299 g/mol. The van der Waals surface area contributed by atoms with Gasteiger partial charge in [-0.3, -0.25) is 0 Å². The zero-order valence-corrected chi connectivity index (χ0v) is 13.8. The Kier molecular flexibility index (Phi) is 4.76. The lowest BCUT2D eigenvalue weighted by molar-refractivity contribution is 0.440. The van der Waals surface area contributed by atoms with Gasteiger partial charge in [0, 0.05) is 0 Å². The van der Waals surface area contributed by atoms with E-state index in [9.17, 15) is 4.39 Å². The van der Waals surface area contributed by atoms with E-state index < -0.39 is 0 Å². The van der Waals surface area contributed by atoms with Crippen LogP contribution < -0.4 is 4.74 Å². The largest absolute Gasteiger partial charge is 0.462 e. The average Bonchev–Trinajstić information content (AvgIpc) is 2.61. The Balaban J connectivity index is 1.85. The van der Waals surface area contributed by atoms with Crippen molar-refractivity contribution in [2.75, 3.05) is 0 Å². The molecule has 0 bridgehead atoms. The van der Waals surface area contributed by atoms with Crippen molar-refractivity contribution in [2.24, 2.45) is 0 Å². The van der Waals surface area contributed by atoms with E-state index in [2.05, 4.69) is 43.3 Å². The summed E-state index contributed by atoms with van der Waals surface area (Å²) in [5.74, 6) is -0.138. The Hall–Kier alpha value is -2.87. The monoisotopic (exact) mass is 318 g/mol. The first-order chi connectivity index (χ1) is 11.7. The fourth-order valence-electron chi connectivity index (χ4n) is 2.52. The van der Waals surface area contributed by atoms with Crippen LogP contribution in [0.15, 0.2) is 79.1 Å². The minimum Gasteiger partial charge on any atom is -0.462 e. The lowest BCUT2D eigenvalue weighted by Gasteiger charge is -2.07. The Bertz CT molecular complexity index is 846. The number of benzene rings is 3. The normalized spacial score (nSPS) is 11.0. The van der Waals surface area contributed by atoms with E-state index in [0.29, 0.717) is 0 Å². The van der Waals surface area contributed by atoms with Crippen molar-refractivity contribution in [2.45, 2.75) is 13.8 Å². The van der Waals surface area contributed by atoms with Crippen LogP contribution in [0.3, 0.4) is 0 Å². The molecule has 0 heterocycles. The molecule has 3 rings (SSSR count). The second kappa shape index (κ2) is 7.14. The van der Waals surface area contributed by atoms with Crippen LogP contribution in [0, 0.1) is 12.7 Å². The number of hydrogen-bond acceptors (Lipinski definition) is 1. The highest BCUT2D eigenvalue weighted by atomic mass is 19.1. The van der Waals surface area contributed by atoms with Crippen LogP contribution in [0.5, 0.6) is 5.75 Å². The quantitative estimate of drug-likeness (QED) is 0.507. The molecular formula is C22H19FO. The summed E-state index contributed by atoms with van der Waals surface area (Å²) in [6.45, 7) is 3.90. The van der Waals surface area contributed by atoms with Gasteiger partial charge in [-0.15, -0.1) is 0 Å². The van der Waals surface area contributed by atoms with Gasteiger partial charge in [-0.25, -0.2) is 4.39 Å². The first-order valence-electron chi connectivity index (χ1n) is 7.92. The fourth-order valence-corrected chi connectivity index (χ4v) is 2.52. The maximum atomic E-state index is 14.1. The molecule has 0 aliphatic heterocycles. The van der Waals surface area contributed by atoms with Gasteiger partial charge in [-0.1, -0.05) is 66.2 Å². The van der Waals surface area contributed by atoms with E-state index in [1.54, 1.807) is 12.1 Å². The van der Waals surface area contributed by atoms with Crippen molar-refractivity contribution < 1.29 is 9.13 Å². The van der Waals surface area contributed by atoms with Gasteiger partial charge in [0.15, 0.2) is 11.6 Å². The van der Waals surface area contributed by atoms with Crippen LogP contribution in [-0.2, 0) is 0 Å². The molecule has 0 saturated heterocycles. The summed E-state index contributed by atoms with van der Waals surface area (Å²) in [5, 5.41) is 0. The van der Waals surface area contributed by atoms with Crippen LogP contribution in [0.1, 0.15) is 12.5 Å². The summed E-state index contributed by atoms with van der Waals surface area (Å²) in [6, 6.07) is 21.6. The standard InChI is InChI=1S/C22H19FO/c1-3-14-24-22-13-12-20(15-21(22)23)19-10-8-18(9-11-19)17-6-4-16(2)5-7-17/h3-15H,1-2H3/b14-3+. The zero-order chi connectivity index (χ0) is 16.9. The van der Waals surface area contributed by atoms with Gasteiger partial charge >= 0.3 is 0 Å². The first-order valence-corrected chi connectivity index (χ1v) is 7.92. The van der Waals surface area contributed by atoms with Crippen LogP contribution in [0.4, 0.5) is 4.39 Å². The van der Waals surface area contributed by atoms with Gasteiger partial charge in [0.1, 0.15) is 0 Å². The smallest absolute Gasteiger partial charge is 0.166 e. The van der Waals surface area contributed by atoms with Crippen LogP contribution >= 0.6 is 0 Å². The summed E-state index contributed by atoms with van der Waals surface area (Å²) >= 11 is 0. The van der Waals surface area contributed by atoms with Gasteiger partial charge in [0.25, 0.3) is 0 Å². The molecule has 0 atom stereocenters. The second-order valence-electron chi connectivity index (χ2n) is 5.68. The highest BCUT2D eigenvalue weighted by Gasteiger charge is 2.06. The van der Waals surface area contributed by atoms with Crippen LogP contribution in [0.2, 0.25) is 0 Å². The lowest BCUT2D eigenvalue weighted by atomic mass is 9.99. The van der Waals surface area contributed by atoms with Crippen molar-refractivity contribution in [3.8, 4) is 28.0 Å². The predicted octanol–water partition coefficient (Wildman–Crippen LogP) is 6.38. The molecule has 120 valence electrons. The van der Waals surface area contributed by atoms with E-state index in [1.807, 2.05) is 25.1 Å². The first kappa shape index (κ1) is 16.0. The van der Waals surface area contributed by atoms with Crippen molar-refractivity contribution in [3.63, 3.8) is 0 Å². The molecule has 0 aliphatic carbocycles. The number of rotatable bonds is 4. The summed E-state index contributed by atoms with van der Waals surface area (Å²) in [4.78, 5) is 0. The van der Waals surface area contributed by atoms with Crippen molar-refractivity contribution in [1.29, 1.82) is 0 Å². The molecule has 3 aromatic carbocycles. The van der Waals surface area contributed by atoms with E-state index in [4.69, 9.17) is 4.74 Å². The second-order valence-corrected chi connectivity index (χ2v) is 5.68. The minimum atomic E-state index is -0.367. The molecule has 0 unspecified atom stereocenters.